The molecule has 7 nitrogen and oxygen atoms in total. The Hall–Kier alpha value is -2.70. The molecule has 19 heavy (non-hydrogen) atoms. The summed E-state index contributed by atoms with van der Waals surface area (Å²) in [6.07, 6.45) is 0.967. The van der Waals surface area contributed by atoms with Gasteiger partial charge < -0.3 is 25.8 Å². The lowest BCUT2D eigenvalue weighted by molar-refractivity contribution is -0.139. The first kappa shape index (κ1) is 14.4. The van der Waals surface area contributed by atoms with Crippen LogP contribution in [0.1, 0.15) is 12.5 Å². The van der Waals surface area contributed by atoms with E-state index in [2.05, 4.69) is 4.74 Å². The van der Waals surface area contributed by atoms with Gasteiger partial charge in [-0.3, -0.25) is 4.79 Å². The summed E-state index contributed by atoms with van der Waals surface area (Å²) >= 11 is 0. The highest BCUT2D eigenvalue weighted by Crippen LogP contribution is 2.33. The van der Waals surface area contributed by atoms with Gasteiger partial charge in [0.15, 0.2) is 11.5 Å². The highest BCUT2D eigenvalue weighted by Gasteiger charge is 2.18. The number of hydrogen-bond acceptors (Lipinski definition) is 6. The lowest BCUT2D eigenvalue weighted by Crippen LogP contribution is -2.22. The van der Waals surface area contributed by atoms with Gasteiger partial charge in [-0.15, -0.1) is 0 Å². The molecule has 102 valence electrons. The highest BCUT2D eigenvalue weighted by molar-refractivity contribution is 6.19. The fourth-order valence-electron chi connectivity index (χ4n) is 1.29. The number of rotatable bonds is 4. The second-order valence-electron chi connectivity index (χ2n) is 3.54. The Morgan fingerprint density at radius 2 is 1.79 bits per heavy atom. The minimum Gasteiger partial charge on any atom is -0.507 e. The quantitative estimate of drug-likeness (QED) is 0.154. The average molecular weight is 267 g/mol. The summed E-state index contributed by atoms with van der Waals surface area (Å²) in [6, 6.07) is 1.85. The maximum absolute atomic E-state index is 11.5. The monoisotopic (exact) mass is 267 g/mol. The average Bonchev–Trinajstić information content (AvgIpc) is 2.31. The van der Waals surface area contributed by atoms with Crippen molar-refractivity contribution in [1.82, 2.24) is 0 Å². The van der Waals surface area contributed by atoms with E-state index < -0.39 is 34.7 Å². The maximum Gasteiger partial charge on any atom is 0.343 e. The summed E-state index contributed by atoms with van der Waals surface area (Å²) in [5.74, 6) is -3.46. The van der Waals surface area contributed by atoms with Gasteiger partial charge in [0.25, 0.3) is 5.91 Å². The molecule has 0 aliphatic rings. The number of carbonyl (C=O) groups is 2. The van der Waals surface area contributed by atoms with E-state index in [0.29, 0.717) is 0 Å². The van der Waals surface area contributed by atoms with E-state index in [1.807, 2.05) is 0 Å². The Morgan fingerprint density at radius 1 is 1.21 bits per heavy atom. The zero-order chi connectivity index (χ0) is 14.6. The number of esters is 1. The number of benzene rings is 1. The second kappa shape index (κ2) is 5.76. The first-order valence-corrected chi connectivity index (χ1v) is 5.30. The Balaban J connectivity index is 3.27. The van der Waals surface area contributed by atoms with Crippen LogP contribution < -0.4 is 5.73 Å². The highest BCUT2D eigenvalue weighted by atomic mass is 16.5. The van der Waals surface area contributed by atoms with Gasteiger partial charge in [0.2, 0.25) is 0 Å². The summed E-state index contributed by atoms with van der Waals surface area (Å²) < 4.78 is 4.63. The summed E-state index contributed by atoms with van der Waals surface area (Å²) in [5, 5.41) is 28.0. The van der Waals surface area contributed by atoms with Gasteiger partial charge in [0.05, 0.1) is 6.61 Å². The largest absolute Gasteiger partial charge is 0.507 e. The summed E-state index contributed by atoms with van der Waals surface area (Å²) in [5.41, 5.74) is 4.49. The van der Waals surface area contributed by atoms with Crippen LogP contribution in [0.4, 0.5) is 0 Å². The van der Waals surface area contributed by atoms with Crippen molar-refractivity contribution < 1.29 is 29.6 Å². The number of amides is 1. The third kappa shape index (κ3) is 3.38. The van der Waals surface area contributed by atoms with Gasteiger partial charge in [-0.05, 0) is 19.1 Å². The maximum atomic E-state index is 11.5. The van der Waals surface area contributed by atoms with Gasteiger partial charge >= 0.3 is 5.97 Å². The molecule has 0 heterocycles. The molecule has 0 saturated heterocycles. The van der Waals surface area contributed by atoms with Crippen LogP contribution in [0.5, 0.6) is 17.2 Å². The molecule has 0 saturated carbocycles. The SMILES string of the molecule is CCOC(=O)C(=Cc1cc(O)c(O)cc1O)C(N)=O. The Bertz CT molecular complexity index is 549. The van der Waals surface area contributed by atoms with Crippen LogP contribution in [0, 0.1) is 0 Å². The van der Waals surface area contributed by atoms with Crippen molar-refractivity contribution in [2.45, 2.75) is 6.92 Å². The predicted molar refractivity (Wildman–Crippen MR) is 65.2 cm³/mol. The van der Waals surface area contributed by atoms with Crippen molar-refractivity contribution in [2.24, 2.45) is 5.73 Å². The molecular formula is C12H13NO6. The summed E-state index contributed by atoms with van der Waals surface area (Å²) in [4.78, 5) is 22.6. The molecule has 0 aromatic heterocycles. The molecule has 0 bridgehead atoms. The first-order chi connectivity index (χ1) is 8.86. The molecule has 1 amide bonds. The number of phenols is 3. The van der Waals surface area contributed by atoms with Crippen molar-refractivity contribution in [3.05, 3.63) is 23.3 Å². The van der Waals surface area contributed by atoms with E-state index in [1.54, 1.807) is 6.92 Å². The summed E-state index contributed by atoms with van der Waals surface area (Å²) in [7, 11) is 0. The topological polar surface area (TPSA) is 130 Å². The Morgan fingerprint density at radius 3 is 2.32 bits per heavy atom. The van der Waals surface area contributed by atoms with Crippen molar-refractivity contribution in [3.63, 3.8) is 0 Å². The van der Waals surface area contributed by atoms with E-state index in [1.165, 1.54) is 0 Å². The van der Waals surface area contributed by atoms with Crippen LogP contribution in [-0.2, 0) is 14.3 Å². The van der Waals surface area contributed by atoms with Gasteiger partial charge in [0.1, 0.15) is 11.3 Å². The fourth-order valence-corrected chi connectivity index (χ4v) is 1.29. The molecule has 0 radical (unpaired) electrons. The van der Waals surface area contributed by atoms with Gasteiger partial charge in [0, 0.05) is 11.6 Å². The third-order valence-corrected chi connectivity index (χ3v) is 2.18. The van der Waals surface area contributed by atoms with Crippen LogP contribution in [0.15, 0.2) is 17.7 Å². The molecule has 0 atom stereocenters. The van der Waals surface area contributed by atoms with Gasteiger partial charge in [-0.2, -0.15) is 0 Å². The van der Waals surface area contributed by atoms with Crippen molar-refractivity contribution >= 4 is 18.0 Å². The van der Waals surface area contributed by atoms with Crippen LogP contribution in [-0.4, -0.2) is 33.8 Å². The minimum atomic E-state index is -1.04. The zero-order valence-corrected chi connectivity index (χ0v) is 10.1. The normalized spacial score (nSPS) is 11.1. The van der Waals surface area contributed by atoms with Crippen molar-refractivity contribution in [1.29, 1.82) is 0 Å². The lowest BCUT2D eigenvalue weighted by atomic mass is 10.1. The van der Waals surface area contributed by atoms with Crippen LogP contribution in [0.3, 0.4) is 0 Å². The van der Waals surface area contributed by atoms with Crippen LogP contribution >= 0.6 is 0 Å². The number of phenolic OH excluding ortho intramolecular Hbond substituents is 3. The number of carbonyl (C=O) groups excluding carboxylic acids is 2. The minimum absolute atomic E-state index is 0.0518. The molecule has 5 N–H and O–H groups in total. The molecule has 1 aromatic carbocycles. The molecule has 0 unspecified atom stereocenters. The number of aromatic hydroxyl groups is 3. The molecule has 7 heteroatoms. The van der Waals surface area contributed by atoms with Crippen LogP contribution in [0.2, 0.25) is 0 Å². The van der Waals surface area contributed by atoms with E-state index in [9.17, 15) is 19.8 Å². The third-order valence-electron chi connectivity index (χ3n) is 2.18. The predicted octanol–water partition coefficient (Wildman–Crippen LogP) is 0.235. The van der Waals surface area contributed by atoms with E-state index in [0.717, 1.165) is 18.2 Å². The van der Waals surface area contributed by atoms with Crippen molar-refractivity contribution in [3.8, 4) is 17.2 Å². The Kier molecular flexibility index (Phi) is 4.36. The number of nitrogens with two attached hydrogens (primary N) is 1. The van der Waals surface area contributed by atoms with Gasteiger partial charge in [-0.1, -0.05) is 0 Å². The smallest absolute Gasteiger partial charge is 0.343 e. The van der Waals surface area contributed by atoms with E-state index >= 15 is 0 Å². The molecule has 0 spiro atoms. The zero-order valence-electron chi connectivity index (χ0n) is 10.1. The first-order valence-electron chi connectivity index (χ1n) is 5.30. The number of hydrogen-bond donors (Lipinski definition) is 4. The van der Waals surface area contributed by atoms with Crippen LogP contribution in [0.25, 0.3) is 6.08 Å². The molecule has 0 aliphatic heterocycles. The van der Waals surface area contributed by atoms with Crippen molar-refractivity contribution in [2.75, 3.05) is 6.61 Å². The molecule has 0 fully saturated rings. The summed E-state index contributed by atoms with van der Waals surface area (Å²) in [6.45, 7) is 1.61. The fraction of sp³-hybridized carbons (Fsp3) is 0.167. The molecule has 1 rings (SSSR count). The lowest BCUT2D eigenvalue weighted by Gasteiger charge is -2.06. The second-order valence-corrected chi connectivity index (χ2v) is 3.54. The number of ether oxygens (including phenoxy) is 1. The van der Waals surface area contributed by atoms with E-state index in [4.69, 9.17) is 10.8 Å². The molecular weight excluding hydrogens is 254 g/mol. The number of primary amides is 1. The van der Waals surface area contributed by atoms with Gasteiger partial charge in [-0.25, -0.2) is 4.79 Å². The standard InChI is InChI=1S/C12H13NO6/c1-2-19-12(18)7(11(13)17)3-6-4-9(15)10(16)5-8(6)14/h3-5,14-16H,2H2,1H3,(H2,13,17). The Labute approximate surface area is 108 Å². The molecule has 1 aromatic rings. The van der Waals surface area contributed by atoms with E-state index in [-0.39, 0.29) is 12.2 Å². The molecule has 0 aliphatic carbocycles.